The molecule has 3 aromatic rings. The van der Waals surface area contributed by atoms with Gasteiger partial charge in [-0.3, -0.25) is 0 Å². The van der Waals surface area contributed by atoms with Crippen LogP contribution in [0.15, 0.2) is 60.7 Å². The van der Waals surface area contributed by atoms with Crippen molar-refractivity contribution < 1.29 is 4.74 Å². The van der Waals surface area contributed by atoms with Crippen molar-refractivity contribution in [2.24, 2.45) is 5.73 Å². The maximum Gasteiger partial charge on any atom is 0.125 e. The molecule has 0 fully saturated rings. The van der Waals surface area contributed by atoms with E-state index in [4.69, 9.17) is 22.1 Å². The van der Waals surface area contributed by atoms with Crippen LogP contribution in [0.25, 0.3) is 10.8 Å². The lowest BCUT2D eigenvalue weighted by Gasteiger charge is -2.13. The summed E-state index contributed by atoms with van der Waals surface area (Å²) in [4.78, 5) is 0. The minimum Gasteiger partial charge on any atom is -0.488 e. The van der Waals surface area contributed by atoms with E-state index in [0.717, 1.165) is 16.9 Å². The van der Waals surface area contributed by atoms with Crippen molar-refractivity contribution in [1.29, 1.82) is 0 Å². The first-order chi connectivity index (χ1) is 10.3. The van der Waals surface area contributed by atoms with Gasteiger partial charge >= 0.3 is 0 Å². The van der Waals surface area contributed by atoms with Gasteiger partial charge in [-0.05, 0) is 28.5 Å². The number of fused-ring (bicyclic) bond motifs is 1. The molecule has 0 spiro atoms. The van der Waals surface area contributed by atoms with Crippen LogP contribution < -0.4 is 10.5 Å². The van der Waals surface area contributed by atoms with E-state index in [1.165, 1.54) is 10.8 Å². The smallest absolute Gasteiger partial charge is 0.125 e. The van der Waals surface area contributed by atoms with Gasteiger partial charge in [0.25, 0.3) is 0 Å². The summed E-state index contributed by atoms with van der Waals surface area (Å²) in [6.07, 6.45) is 0. The molecular formula is C18H16ClNO. The molecule has 0 aliphatic rings. The minimum absolute atomic E-state index is 0.366. The fourth-order valence-electron chi connectivity index (χ4n) is 2.45. The lowest BCUT2D eigenvalue weighted by Crippen LogP contribution is -2.03. The summed E-state index contributed by atoms with van der Waals surface area (Å²) in [5.74, 6) is 0.748. The molecule has 0 amide bonds. The molecule has 0 heterocycles. The molecule has 2 nitrogen and oxygen atoms in total. The Balaban J connectivity index is 1.89. The van der Waals surface area contributed by atoms with Gasteiger partial charge in [0.05, 0.1) is 0 Å². The number of benzene rings is 3. The average molecular weight is 298 g/mol. The van der Waals surface area contributed by atoms with Crippen molar-refractivity contribution in [2.75, 3.05) is 0 Å². The van der Waals surface area contributed by atoms with E-state index in [1.807, 2.05) is 36.4 Å². The Hall–Kier alpha value is -2.03. The van der Waals surface area contributed by atoms with Crippen molar-refractivity contribution in [2.45, 2.75) is 13.2 Å². The van der Waals surface area contributed by atoms with Gasteiger partial charge in [-0.1, -0.05) is 60.1 Å². The van der Waals surface area contributed by atoms with E-state index in [0.29, 0.717) is 18.2 Å². The molecule has 0 saturated heterocycles. The van der Waals surface area contributed by atoms with Crippen molar-refractivity contribution in [3.05, 3.63) is 76.8 Å². The van der Waals surface area contributed by atoms with E-state index in [1.54, 1.807) is 0 Å². The quantitative estimate of drug-likeness (QED) is 0.768. The molecule has 106 valence electrons. The van der Waals surface area contributed by atoms with Gasteiger partial charge in [0.2, 0.25) is 0 Å². The monoisotopic (exact) mass is 297 g/mol. The first kappa shape index (κ1) is 13.9. The first-order valence-corrected chi connectivity index (χ1v) is 7.24. The van der Waals surface area contributed by atoms with Gasteiger partial charge in [0.1, 0.15) is 12.4 Å². The molecule has 3 rings (SSSR count). The fraction of sp³-hybridized carbons (Fsp3) is 0.111. The Labute approximate surface area is 129 Å². The molecule has 2 N–H and O–H groups in total. The zero-order valence-corrected chi connectivity index (χ0v) is 12.3. The number of halogens is 1. The Morgan fingerprint density at radius 1 is 0.905 bits per heavy atom. The molecule has 3 heteroatoms. The Kier molecular flexibility index (Phi) is 4.09. The van der Waals surface area contributed by atoms with E-state index < -0.39 is 0 Å². The van der Waals surface area contributed by atoms with E-state index in [9.17, 15) is 0 Å². The lowest BCUT2D eigenvalue weighted by atomic mass is 10.1. The summed E-state index contributed by atoms with van der Waals surface area (Å²) in [5, 5.41) is 3.06. The Morgan fingerprint density at radius 2 is 1.67 bits per heavy atom. The van der Waals surface area contributed by atoms with Gasteiger partial charge in [0.15, 0.2) is 0 Å². The molecular weight excluding hydrogens is 282 g/mol. The standard InChI is InChI=1S/C18H16ClNO/c19-17-9-4-10-18(16(17)11-20)21-12-14-7-3-6-13-5-1-2-8-15(13)14/h1-10H,11-12,20H2. The van der Waals surface area contributed by atoms with E-state index in [-0.39, 0.29) is 0 Å². The number of ether oxygens (including phenoxy) is 1. The highest BCUT2D eigenvalue weighted by molar-refractivity contribution is 6.31. The highest BCUT2D eigenvalue weighted by Gasteiger charge is 2.07. The SMILES string of the molecule is NCc1c(Cl)cccc1OCc1cccc2ccccc12. The maximum atomic E-state index is 6.15. The van der Waals surface area contributed by atoms with Gasteiger partial charge in [-0.2, -0.15) is 0 Å². The second kappa shape index (κ2) is 6.17. The summed E-state index contributed by atoms with van der Waals surface area (Å²) in [5.41, 5.74) is 7.74. The van der Waals surface area contributed by atoms with Gasteiger partial charge in [-0.25, -0.2) is 0 Å². The summed E-state index contributed by atoms with van der Waals surface area (Å²) in [7, 11) is 0. The molecule has 0 bridgehead atoms. The third kappa shape index (κ3) is 2.87. The van der Waals surface area contributed by atoms with Crippen LogP contribution >= 0.6 is 11.6 Å². The molecule has 0 radical (unpaired) electrons. The Bertz CT molecular complexity index is 765. The molecule has 0 saturated carbocycles. The van der Waals surface area contributed by atoms with Gasteiger partial charge in [-0.15, -0.1) is 0 Å². The highest BCUT2D eigenvalue weighted by atomic mass is 35.5. The zero-order chi connectivity index (χ0) is 14.7. The van der Waals surface area contributed by atoms with Crippen molar-refractivity contribution in [3.63, 3.8) is 0 Å². The van der Waals surface area contributed by atoms with Gasteiger partial charge < -0.3 is 10.5 Å². The second-order valence-corrected chi connectivity index (χ2v) is 5.25. The predicted octanol–water partition coefficient (Wildman–Crippen LogP) is 4.53. The number of nitrogens with two attached hydrogens (primary N) is 1. The van der Waals surface area contributed by atoms with E-state index in [2.05, 4.69) is 24.3 Å². The number of hydrogen-bond acceptors (Lipinski definition) is 2. The van der Waals surface area contributed by atoms with Crippen LogP contribution in [-0.2, 0) is 13.2 Å². The summed E-state index contributed by atoms with van der Waals surface area (Å²) >= 11 is 6.15. The molecule has 3 aromatic carbocycles. The summed E-state index contributed by atoms with van der Waals surface area (Å²) in [6, 6.07) is 20.1. The second-order valence-electron chi connectivity index (χ2n) is 4.85. The number of hydrogen-bond donors (Lipinski definition) is 1. The minimum atomic E-state index is 0.366. The third-order valence-electron chi connectivity index (χ3n) is 3.54. The largest absolute Gasteiger partial charge is 0.488 e. The molecule has 21 heavy (non-hydrogen) atoms. The molecule has 0 unspecified atom stereocenters. The van der Waals surface area contributed by atoms with Crippen molar-refractivity contribution >= 4 is 22.4 Å². The zero-order valence-electron chi connectivity index (χ0n) is 11.6. The van der Waals surface area contributed by atoms with Crippen molar-refractivity contribution in [3.8, 4) is 5.75 Å². The molecule has 0 atom stereocenters. The summed E-state index contributed by atoms with van der Waals surface area (Å²) < 4.78 is 5.94. The van der Waals surface area contributed by atoms with Crippen LogP contribution in [0.3, 0.4) is 0 Å². The average Bonchev–Trinajstić information content (AvgIpc) is 2.53. The van der Waals surface area contributed by atoms with Crippen LogP contribution in [0.4, 0.5) is 0 Å². The predicted molar refractivity (Wildman–Crippen MR) is 87.6 cm³/mol. The van der Waals surface area contributed by atoms with Crippen molar-refractivity contribution in [1.82, 2.24) is 0 Å². The topological polar surface area (TPSA) is 35.2 Å². The molecule has 0 aromatic heterocycles. The van der Waals surface area contributed by atoms with Crippen LogP contribution in [0.2, 0.25) is 5.02 Å². The van der Waals surface area contributed by atoms with E-state index >= 15 is 0 Å². The highest BCUT2D eigenvalue weighted by Crippen LogP contribution is 2.27. The van der Waals surface area contributed by atoms with Crippen LogP contribution in [0.5, 0.6) is 5.75 Å². The van der Waals surface area contributed by atoms with Gasteiger partial charge in [0, 0.05) is 17.1 Å². The summed E-state index contributed by atoms with van der Waals surface area (Å²) in [6.45, 7) is 0.860. The van der Waals surface area contributed by atoms with Crippen LogP contribution in [0, 0.1) is 0 Å². The Morgan fingerprint density at radius 3 is 2.52 bits per heavy atom. The lowest BCUT2D eigenvalue weighted by molar-refractivity contribution is 0.304. The normalized spacial score (nSPS) is 10.8. The third-order valence-corrected chi connectivity index (χ3v) is 3.90. The molecule has 0 aliphatic heterocycles. The number of rotatable bonds is 4. The van der Waals surface area contributed by atoms with Crippen LogP contribution in [0.1, 0.15) is 11.1 Å². The van der Waals surface area contributed by atoms with Crippen LogP contribution in [-0.4, -0.2) is 0 Å². The fourth-order valence-corrected chi connectivity index (χ4v) is 2.69. The maximum absolute atomic E-state index is 6.15. The first-order valence-electron chi connectivity index (χ1n) is 6.86. The molecule has 0 aliphatic carbocycles.